The number of aliphatic carboxylic acids is 1. The van der Waals surface area contributed by atoms with Gasteiger partial charge in [0.15, 0.2) is 5.96 Å². The summed E-state index contributed by atoms with van der Waals surface area (Å²) in [7, 11) is 1.47. The molecule has 0 fully saturated rings. The number of hydrogen-bond donors (Lipinski definition) is 3. The Bertz CT molecular complexity index is 373. The molecule has 0 aliphatic carbocycles. The summed E-state index contributed by atoms with van der Waals surface area (Å²) in [6.07, 6.45) is 13.9. The lowest BCUT2D eigenvalue weighted by atomic mass is 10.1. The number of amides is 1. The fourth-order valence-corrected chi connectivity index (χ4v) is 2.52. The number of carboxylic acids is 1. The lowest BCUT2D eigenvalue weighted by molar-refractivity contribution is -0.137. The number of nitrogens with one attached hydrogen (secondary N) is 2. The van der Waals surface area contributed by atoms with Gasteiger partial charge in [-0.05, 0) is 6.42 Å². The summed E-state index contributed by atoms with van der Waals surface area (Å²) in [6, 6.07) is 0. The van der Waals surface area contributed by atoms with Crippen LogP contribution >= 0.6 is 0 Å². The van der Waals surface area contributed by atoms with Crippen molar-refractivity contribution in [3.05, 3.63) is 0 Å². The van der Waals surface area contributed by atoms with Gasteiger partial charge in [-0.3, -0.25) is 20.3 Å². The number of nitrogens with zero attached hydrogens (tertiary/aromatic N) is 1. The van der Waals surface area contributed by atoms with Gasteiger partial charge in [-0.25, -0.2) is 0 Å². The van der Waals surface area contributed by atoms with Crippen molar-refractivity contribution in [2.75, 3.05) is 13.6 Å². The van der Waals surface area contributed by atoms with Crippen LogP contribution in [0.5, 0.6) is 0 Å². The first-order valence-electron chi connectivity index (χ1n) is 9.28. The summed E-state index contributed by atoms with van der Waals surface area (Å²) in [5.74, 6) is -1.40. The second-order valence-electron chi connectivity index (χ2n) is 6.43. The Morgan fingerprint density at radius 1 is 0.917 bits per heavy atom. The van der Waals surface area contributed by atoms with Crippen LogP contribution in [0, 0.1) is 5.41 Å². The standard InChI is InChI=1S/C18H35N3O3/c1-3-4-5-6-7-8-9-10-11-12-13-14-16(22)20-18(19)21(2)15-17(23)24/h3-15H2,1-2H3,(H,23,24)(H2,19,20,22). The highest BCUT2D eigenvalue weighted by Gasteiger charge is 2.11. The second-order valence-corrected chi connectivity index (χ2v) is 6.43. The van der Waals surface area contributed by atoms with Crippen molar-refractivity contribution in [2.45, 2.75) is 84.0 Å². The third kappa shape index (κ3) is 14.0. The van der Waals surface area contributed by atoms with Crippen LogP contribution in [0.1, 0.15) is 84.0 Å². The van der Waals surface area contributed by atoms with E-state index < -0.39 is 5.97 Å². The average molecular weight is 341 g/mol. The Kier molecular flexibility index (Phi) is 14.0. The molecular formula is C18H35N3O3. The maximum absolute atomic E-state index is 11.7. The van der Waals surface area contributed by atoms with E-state index in [4.69, 9.17) is 10.5 Å². The van der Waals surface area contributed by atoms with E-state index in [0.29, 0.717) is 6.42 Å². The van der Waals surface area contributed by atoms with Crippen molar-refractivity contribution in [3.63, 3.8) is 0 Å². The van der Waals surface area contributed by atoms with E-state index in [0.717, 1.165) is 19.3 Å². The average Bonchev–Trinajstić information content (AvgIpc) is 2.51. The molecule has 3 N–H and O–H groups in total. The number of carbonyl (C=O) groups is 2. The number of hydrogen-bond acceptors (Lipinski definition) is 3. The molecule has 0 aliphatic heterocycles. The third-order valence-corrected chi connectivity index (χ3v) is 4.02. The summed E-state index contributed by atoms with van der Waals surface area (Å²) in [6.45, 7) is 1.94. The maximum Gasteiger partial charge on any atom is 0.323 e. The van der Waals surface area contributed by atoms with Crippen molar-refractivity contribution >= 4 is 17.8 Å². The van der Waals surface area contributed by atoms with Crippen LogP contribution < -0.4 is 5.32 Å². The van der Waals surface area contributed by atoms with Crippen LogP contribution in [-0.2, 0) is 9.59 Å². The molecule has 0 unspecified atom stereocenters. The second kappa shape index (κ2) is 15.0. The van der Waals surface area contributed by atoms with Crippen LogP contribution in [0.3, 0.4) is 0 Å². The molecule has 1 amide bonds. The minimum absolute atomic E-state index is 0.162. The Balaban J connectivity index is 3.46. The Hall–Kier alpha value is -1.59. The van der Waals surface area contributed by atoms with E-state index in [9.17, 15) is 9.59 Å². The minimum atomic E-state index is -1.03. The molecule has 0 aliphatic rings. The van der Waals surface area contributed by atoms with Crippen molar-refractivity contribution in [1.29, 1.82) is 5.41 Å². The van der Waals surface area contributed by atoms with Gasteiger partial charge in [-0.1, -0.05) is 71.1 Å². The highest BCUT2D eigenvalue weighted by molar-refractivity contribution is 5.96. The number of likely N-dealkylation sites (N-methyl/N-ethyl adjacent to an activating group) is 1. The highest BCUT2D eigenvalue weighted by Crippen LogP contribution is 2.11. The monoisotopic (exact) mass is 341 g/mol. The Morgan fingerprint density at radius 3 is 1.83 bits per heavy atom. The summed E-state index contributed by atoms with van der Waals surface area (Å²) in [5, 5.41) is 18.7. The van der Waals surface area contributed by atoms with Crippen molar-refractivity contribution in [1.82, 2.24) is 10.2 Å². The summed E-state index contributed by atoms with van der Waals surface area (Å²) < 4.78 is 0. The van der Waals surface area contributed by atoms with Gasteiger partial charge in [0.2, 0.25) is 5.91 Å². The topological polar surface area (TPSA) is 93.5 Å². The summed E-state index contributed by atoms with van der Waals surface area (Å²) >= 11 is 0. The molecule has 0 radical (unpaired) electrons. The lowest BCUT2D eigenvalue weighted by Crippen LogP contribution is -2.43. The molecule has 0 bridgehead atoms. The molecule has 24 heavy (non-hydrogen) atoms. The first kappa shape index (κ1) is 22.4. The van der Waals surface area contributed by atoms with Gasteiger partial charge in [-0.15, -0.1) is 0 Å². The van der Waals surface area contributed by atoms with Gasteiger partial charge in [0.25, 0.3) is 0 Å². The van der Waals surface area contributed by atoms with Gasteiger partial charge < -0.3 is 10.0 Å². The Morgan fingerprint density at radius 2 is 1.38 bits per heavy atom. The quantitative estimate of drug-likeness (QED) is 0.255. The largest absolute Gasteiger partial charge is 0.480 e. The highest BCUT2D eigenvalue weighted by atomic mass is 16.4. The summed E-state index contributed by atoms with van der Waals surface area (Å²) in [4.78, 5) is 23.4. The first-order chi connectivity index (χ1) is 11.5. The van der Waals surface area contributed by atoms with E-state index >= 15 is 0 Å². The molecule has 0 heterocycles. The van der Waals surface area contributed by atoms with Gasteiger partial charge in [-0.2, -0.15) is 0 Å². The molecule has 0 aromatic heterocycles. The van der Waals surface area contributed by atoms with Crippen molar-refractivity contribution in [3.8, 4) is 0 Å². The van der Waals surface area contributed by atoms with E-state index in [1.54, 1.807) is 0 Å². The molecule has 0 spiro atoms. The van der Waals surface area contributed by atoms with Crippen molar-refractivity contribution in [2.24, 2.45) is 0 Å². The van der Waals surface area contributed by atoms with Crippen LogP contribution in [0.4, 0.5) is 0 Å². The zero-order valence-electron chi connectivity index (χ0n) is 15.4. The Labute approximate surface area is 146 Å². The van der Waals surface area contributed by atoms with Crippen molar-refractivity contribution < 1.29 is 14.7 Å². The van der Waals surface area contributed by atoms with Crippen LogP contribution in [0.25, 0.3) is 0 Å². The lowest BCUT2D eigenvalue weighted by Gasteiger charge is -2.17. The molecule has 140 valence electrons. The molecular weight excluding hydrogens is 306 g/mol. The molecule has 0 saturated heterocycles. The molecule has 0 rings (SSSR count). The zero-order valence-corrected chi connectivity index (χ0v) is 15.4. The minimum Gasteiger partial charge on any atom is -0.480 e. The summed E-state index contributed by atoms with van der Waals surface area (Å²) in [5.41, 5.74) is 0. The predicted molar refractivity (Wildman–Crippen MR) is 97.2 cm³/mol. The van der Waals surface area contributed by atoms with Gasteiger partial charge >= 0.3 is 5.97 Å². The molecule has 6 heteroatoms. The van der Waals surface area contributed by atoms with Crippen LogP contribution in [-0.4, -0.2) is 41.4 Å². The van der Waals surface area contributed by atoms with Crippen LogP contribution in [0.15, 0.2) is 0 Å². The fraction of sp³-hybridized carbons (Fsp3) is 0.833. The molecule has 6 nitrogen and oxygen atoms in total. The van der Waals surface area contributed by atoms with E-state index in [1.165, 1.54) is 63.3 Å². The SMILES string of the molecule is CCCCCCCCCCCCCC(=O)NC(=N)N(C)CC(=O)O. The maximum atomic E-state index is 11.7. The molecule has 0 aromatic rings. The molecule has 0 saturated carbocycles. The van der Waals surface area contributed by atoms with Gasteiger partial charge in [0.05, 0.1) is 0 Å². The van der Waals surface area contributed by atoms with Gasteiger partial charge in [0, 0.05) is 13.5 Å². The number of carbonyl (C=O) groups excluding carboxylic acids is 1. The predicted octanol–water partition coefficient (Wildman–Crippen LogP) is 3.75. The molecule has 0 aromatic carbocycles. The zero-order chi connectivity index (χ0) is 18.2. The van der Waals surface area contributed by atoms with E-state index in [1.807, 2.05) is 0 Å². The smallest absolute Gasteiger partial charge is 0.323 e. The normalized spacial score (nSPS) is 10.4. The number of carboxylic acid groups (broad SMARTS) is 1. The number of guanidine groups is 1. The van der Waals surface area contributed by atoms with E-state index in [2.05, 4.69) is 12.2 Å². The third-order valence-electron chi connectivity index (χ3n) is 4.02. The van der Waals surface area contributed by atoms with Crippen LogP contribution in [0.2, 0.25) is 0 Å². The van der Waals surface area contributed by atoms with E-state index in [-0.39, 0.29) is 18.4 Å². The van der Waals surface area contributed by atoms with Gasteiger partial charge in [0.1, 0.15) is 6.54 Å². The number of unbranched alkanes of at least 4 members (excludes halogenated alkanes) is 10. The number of rotatable bonds is 14. The molecule has 0 atom stereocenters. The first-order valence-corrected chi connectivity index (χ1v) is 9.28. The fourth-order valence-electron chi connectivity index (χ4n) is 2.52.